The van der Waals surface area contributed by atoms with Gasteiger partial charge < -0.3 is 15.8 Å². The third kappa shape index (κ3) is 4.14. The van der Waals surface area contributed by atoms with E-state index in [1.54, 1.807) is 24.3 Å². The standard InChI is InChI=1S/C18H22N2O3S/c1-10(2)9-23-14-7-5-13(6-8-14)17(22)20-18-15(16(19)21)11(3)12(4)24-18/h5-8,10H,9H2,1-4H3,(H2,19,21)(H,20,22). The Hall–Kier alpha value is -2.34. The maximum absolute atomic E-state index is 12.4. The first-order valence-electron chi connectivity index (χ1n) is 7.73. The fourth-order valence-electron chi connectivity index (χ4n) is 2.15. The highest BCUT2D eigenvalue weighted by Gasteiger charge is 2.19. The molecule has 0 aliphatic carbocycles. The molecule has 128 valence electrons. The van der Waals surface area contributed by atoms with Crippen molar-refractivity contribution in [2.45, 2.75) is 27.7 Å². The molecule has 0 saturated heterocycles. The molecule has 0 unspecified atom stereocenters. The van der Waals surface area contributed by atoms with Crippen LogP contribution < -0.4 is 15.8 Å². The second-order valence-corrected chi connectivity index (χ2v) is 7.26. The number of nitrogens with two attached hydrogens (primary N) is 1. The fourth-order valence-corrected chi connectivity index (χ4v) is 3.21. The molecule has 1 aromatic heterocycles. The quantitative estimate of drug-likeness (QED) is 0.836. The Morgan fingerprint density at radius 3 is 2.38 bits per heavy atom. The third-order valence-corrected chi connectivity index (χ3v) is 4.68. The summed E-state index contributed by atoms with van der Waals surface area (Å²) >= 11 is 1.35. The van der Waals surface area contributed by atoms with Crippen molar-refractivity contribution in [1.82, 2.24) is 0 Å². The van der Waals surface area contributed by atoms with E-state index in [0.29, 0.717) is 28.7 Å². The molecule has 6 heteroatoms. The number of carbonyl (C=O) groups is 2. The highest BCUT2D eigenvalue weighted by Crippen LogP contribution is 2.32. The van der Waals surface area contributed by atoms with Gasteiger partial charge in [0.15, 0.2) is 0 Å². The Morgan fingerprint density at radius 2 is 1.83 bits per heavy atom. The van der Waals surface area contributed by atoms with Gasteiger partial charge in [-0.15, -0.1) is 11.3 Å². The van der Waals surface area contributed by atoms with E-state index in [-0.39, 0.29) is 5.91 Å². The van der Waals surface area contributed by atoms with E-state index in [1.807, 2.05) is 13.8 Å². The molecule has 1 heterocycles. The smallest absolute Gasteiger partial charge is 0.256 e. The monoisotopic (exact) mass is 346 g/mol. The first kappa shape index (κ1) is 18.0. The lowest BCUT2D eigenvalue weighted by Gasteiger charge is -2.09. The molecule has 0 fully saturated rings. The van der Waals surface area contributed by atoms with Gasteiger partial charge in [0, 0.05) is 10.4 Å². The normalized spacial score (nSPS) is 10.7. The number of carbonyl (C=O) groups excluding carboxylic acids is 2. The maximum atomic E-state index is 12.4. The van der Waals surface area contributed by atoms with Crippen molar-refractivity contribution in [3.05, 3.63) is 45.8 Å². The number of thiophene rings is 1. The largest absolute Gasteiger partial charge is 0.493 e. The van der Waals surface area contributed by atoms with Crippen LogP contribution >= 0.6 is 11.3 Å². The van der Waals surface area contributed by atoms with Crippen molar-refractivity contribution in [2.75, 3.05) is 11.9 Å². The summed E-state index contributed by atoms with van der Waals surface area (Å²) in [6.45, 7) is 8.49. The maximum Gasteiger partial charge on any atom is 0.256 e. The zero-order valence-corrected chi connectivity index (χ0v) is 15.1. The molecule has 0 aliphatic rings. The van der Waals surface area contributed by atoms with E-state index in [9.17, 15) is 9.59 Å². The van der Waals surface area contributed by atoms with Gasteiger partial charge in [0.1, 0.15) is 10.8 Å². The number of anilines is 1. The molecule has 0 bridgehead atoms. The molecule has 1 aromatic carbocycles. The second kappa shape index (κ2) is 7.49. The molecule has 24 heavy (non-hydrogen) atoms. The van der Waals surface area contributed by atoms with Gasteiger partial charge in [-0.25, -0.2) is 0 Å². The number of benzene rings is 1. The van der Waals surface area contributed by atoms with Gasteiger partial charge in [-0.2, -0.15) is 0 Å². The minimum Gasteiger partial charge on any atom is -0.493 e. The SMILES string of the molecule is Cc1sc(NC(=O)c2ccc(OCC(C)C)cc2)c(C(N)=O)c1C. The van der Waals surface area contributed by atoms with Crippen LogP contribution in [0.2, 0.25) is 0 Å². The van der Waals surface area contributed by atoms with Gasteiger partial charge in [0.2, 0.25) is 0 Å². The van der Waals surface area contributed by atoms with Gasteiger partial charge in [-0.1, -0.05) is 13.8 Å². The first-order valence-corrected chi connectivity index (χ1v) is 8.55. The van der Waals surface area contributed by atoms with Crippen LogP contribution in [-0.4, -0.2) is 18.4 Å². The van der Waals surface area contributed by atoms with Crippen LogP contribution in [0.1, 0.15) is 45.0 Å². The molecule has 2 amide bonds. The predicted molar refractivity (Wildman–Crippen MR) is 97.0 cm³/mol. The minimum atomic E-state index is -0.537. The lowest BCUT2D eigenvalue weighted by atomic mass is 10.1. The lowest BCUT2D eigenvalue weighted by molar-refractivity contribution is 0.100. The summed E-state index contributed by atoms with van der Waals surface area (Å²) in [6.07, 6.45) is 0. The van der Waals surface area contributed by atoms with Crippen molar-refractivity contribution in [3.63, 3.8) is 0 Å². The van der Waals surface area contributed by atoms with Crippen molar-refractivity contribution >= 4 is 28.2 Å². The summed E-state index contributed by atoms with van der Waals surface area (Å²) in [4.78, 5) is 25.0. The second-order valence-electron chi connectivity index (χ2n) is 6.03. The van der Waals surface area contributed by atoms with Gasteiger partial charge >= 0.3 is 0 Å². The minimum absolute atomic E-state index is 0.283. The van der Waals surface area contributed by atoms with Crippen LogP contribution in [0.5, 0.6) is 5.75 Å². The molecule has 2 aromatic rings. The average molecular weight is 346 g/mol. The number of amides is 2. The van der Waals surface area contributed by atoms with Crippen LogP contribution in [0.3, 0.4) is 0 Å². The molecule has 0 aliphatic heterocycles. The molecule has 0 saturated carbocycles. The number of nitrogens with one attached hydrogen (secondary N) is 1. The fraction of sp³-hybridized carbons (Fsp3) is 0.333. The summed E-state index contributed by atoms with van der Waals surface area (Å²) in [5.41, 5.74) is 7.10. The van der Waals surface area contributed by atoms with Crippen LogP contribution in [0.25, 0.3) is 0 Å². The Bertz CT molecular complexity index is 748. The number of hydrogen-bond donors (Lipinski definition) is 2. The van der Waals surface area contributed by atoms with Crippen LogP contribution in [0.4, 0.5) is 5.00 Å². The zero-order chi connectivity index (χ0) is 17.9. The van der Waals surface area contributed by atoms with Gasteiger partial charge in [0.05, 0.1) is 12.2 Å². The first-order chi connectivity index (χ1) is 11.3. The van der Waals surface area contributed by atoms with Crippen LogP contribution in [-0.2, 0) is 0 Å². The van der Waals surface area contributed by atoms with E-state index in [0.717, 1.165) is 16.2 Å². The van der Waals surface area contributed by atoms with Crippen LogP contribution in [0.15, 0.2) is 24.3 Å². The number of aryl methyl sites for hydroxylation is 1. The third-order valence-electron chi connectivity index (χ3n) is 3.56. The van der Waals surface area contributed by atoms with Gasteiger partial charge in [0.25, 0.3) is 11.8 Å². The Morgan fingerprint density at radius 1 is 1.21 bits per heavy atom. The highest BCUT2D eigenvalue weighted by molar-refractivity contribution is 7.16. The molecule has 0 spiro atoms. The molecular formula is C18H22N2O3S. The highest BCUT2D eigenvalue weighted by atomic mass is 32.1. The lowest BCUT2D eigenvalue weighted by Crippen LogP contribution is -2.17. The van der Waals surface area contributed by atoms with E-state index < -0.39 is 5.91 Å². The number of primary amides is 1. The summed E-state index contributed by atoms with van der Waals surface area (Å²) < 4.78 is 5.60. The number of ether oxygens (including phenoxy) is 1. The summed E-state index contributed by atoms with van der Waals surface area (Å²) in [7, 11) is 0. The van der Waals surface area contributed by atoms with Crippen molar-refractivity contribution in [2.24, 2.45) is 11.7 Å². The van der Waals surface area contributed by atoms with Crippen molar-refractivity contribution in [1.29, 1.82) is 0 Å². The van der Waals surface area contributed by atoms with Crippen molar-refractivity contribution in [3.8, 4) is 5.75 Å². The molecular weight excluding hydrogens is 324 g/mol. The number of hydrogen-bond acceptors (Lipinski definition) is 4. The van der Waals surface area contributed by atoms with Crippen molar-refractivity contribution < 1.29 is 14.3 Å². The Labute approximate surface area is 145 Å². The molecule has 2 rings (SSSR count). The Balaban J connectivity index is 2.13. The molecule has 0 atom stereocenters. The number of rotatable bonds is 6. The van der Waals surface area contributed by atoms with E-state index in [2.05, 4.69) is 19.2 Å². The van der Waals surface area contributed by atoms with E-state index in [4.69, 9.17) is 10.5 Å². The summed E-state index contributed by atoms with van der Waals surface area (Å²) in [5, 5.41) is 3.27. The molecule has 3 N–H and O–H groups in total. The topological polar surface area (TPSA) is 81.4 Å². The summed E-state index contributed by atoms with van der Waals surface area (Å²) in [5.74, 6) is 0.338. The van der Waals surface area contributed by atoms with Gasteiger partial charge in [-0.05, 0) is 49.6 Å². The predicted octanol–water partition coefficient (Wildman–Crippen LogP) is 3.75. The Kier molecular flexibility index (Phi) is 5.62. The average Bonchev–Trinajstić information content (AvgIpc) is 2.80. The molecule has 5 nitrogen and oxygen atoms in total. The van der Waals surface area contributed by atoms with Crippen LogP contribution in [0, 0.1) is 19.8 Å². The zero-order valence-electron chi connectivity index (χ0n) is 14.3. The molecule has 0 radical (unpaired) electrons. The van der Waals surface area contributed by atoms with E-state index in [1.165, 1.54) is 11.3 Å². The van der Waals surface area contributed by atoms with E-state index >= 15 is 0 Å². The summed E-state index contributed by atoms with van der Waals surface area (Å²) in [6, 6.07) is 6.92. The van der Waals surface area contributed by atoms with Gasteiger partial charge in [-0.3, -0.25) is 9.59 Å².